The van der Waals surface area contributed by atoms with Crippen molar-refractivity contribution in [2.24, 2.45) is 0 Å². The second-order valence-electron chi connectivity index (χ2n) is 7.16. The van der Waals surface area contributed by atoms with Crippen LogP contribution < -0.4 is 0 Å². The van der Waals surface area contributed by atoms with Gasteiger partial charge in [0.15, 0.2) is 5.69 Å². The topological polar surface area (TPSA) is 66.9 Å². The van der Waals surface area contributed by atoms with Gasteiger partial charge in [0.05, 0.1) is 11.2 Å². The summed E-state index contributed by atoms with van der Waals surface area (Å²) in [5.74, 6) is 1.32. The van der Waals surface area contributed by atoms with Crippen molar-refractivity contribution in [1.82, 2.24) is 24.6 Å². The van der Waals surface area contributed by atoms with Crippen LogP contribution in [0.3, 0.4) is 0 Å². The number of amides is 1. The Morgan fingerprint density at radius 2 is 2.00 bits per heavy atom. The number of carbonyl (C=O) groups excluding carboxylic acids is 1. The van der Waals surface area contributed by atoms with Crippen molar-refractivity contribution in [3.05, 3.63) is 53.7 Å². The third-order valence-corrected chi connectivity index (χ3v) is 5.19. The SMILES string of the molecule is O=C(c1cc(C2CC2)on1)N1CCN(Cc2cc3ccccn3n2)CC1. The molecular formula is C19H21N5O2. The average molecular weight is 351 g/mol. The Balaban J connectivity index is 1.19. The highest BCUT2D eigenvalue weighted by Gasteiger charge is 2.30. The summed E-state index contributed by atoms with van der Waals surface area (Å²) in [6.07, 6.45) is 4.25. The van der Waals surface area contributed by atoms with Crippen LogP contribution in [0.15, 0.2) is 41.1 Å². The highest BCUT2D eigenvalue weighted by Crippen LogP contribution is 2.40. The molecule has 1 aliphatic heterocycles. The predicted octanol–water partition coefficient (Wildman–Crippen LogP) is 2.16. The predicted molar refractivity (Wildman–Crippen MR) is 94.9 cm³/mol. The Kier molecular flexibility index (Phi) is 3.74. The summed E-state index contributed by atoms with van der Waals surface area (Å²) in [7, 11) is 0. The zero-order valence-corrected chi connectivity index (χ0v) is 14.5. The molecule has 0 bridgehead atoms. The fraction of sp³-hybridized carbons (Fsp3) is 0.421. The molecule has 2 aliphatic rings. The summed E-state index contributed by atoms with van der Waals surface area (Å²) < 4.78 is 7.21. The summed E-state index contributed by atoms with van der Waals surface area (Å²) in [6.45, 7) is 3.90. The zero-order valence-electron chi connectivity index (χ0n) is 14.5. The third kappa shape index (κ3) is 2.99. The van der Waals surface area contributed by atoms with E-state index in [0.29, 0.717) is 24.7 Å². The molecule has 3 aromatic heterocycles. The number of rotatable bonds is 4. The molecule has 1 saturated heterocycles. The first-order chi connectivity index (χ1) is 12.8. The highest BCUT2D eigenvalue weighted by molar-refractivity contribution is 5.92. The number of hydrogen-bond donors (Lipinski definition) is 0. The molecule has 1 aliphatic carbocycles. The Morgan fingerprint density at radius 1 is 1.15 bits per heavy atom. The first-order valence-corrected chi connectivity index (χ1v) is 9.18. The zero-order chi connectivity index (χ0) is 17.5. The molecule has 7 nitrogen and oxygen atoms in total. The molecule has 1 amide bonds. The number of fused-ring (bicyclic) bond motifs is 1. The van der Waals surface area contributed by atoms with Crippen LogP contribution in [0.2, 0.25) is 0 Å². The van der Waals surface area contributed by atoms with E-state index in [1.807, 2.05) is 33.8 Å². The summed E-state index contributed by atoms with van der Waals surface area (Å²) >= 11 is 0. The number of nitrogens with zero attached hydrogens (tertiary/aromatic N) is 5. The third-order valence-electron chi connectivity index (χ3n) is 5.19. The van der Waals surface area contributed by atoms with Gasteiger partial charge in [-0.1, -0.05) is 11.2 Å². The fourth-order valence-electron chi connectivity index (χ4n) is 3.52. The van der Waals surface area contributed by atoms with Gasteiger partial charge >= 0.3 is 0 Å². The number of pyridine rings is 1. The number of piperazine rings is 1. The lowest BCUT2D eigenvalue weighted by Gasteiger charge is -2.33. The van der Waals surface area contributed by atoms with Crippen molar-refractivity contribution in [2.45, 2.75) is 25.3 Å². The van der Waals surface area contributed by atoms with E-state index < -0.39 is 0 Å². The maximum Gasteiger partial charge on any atom is 0.276 e. The second-order valence-corrected chi connectivity index (χ2v) is 7.16. The van der Waals surface area contributed by atoms with E-state index in [4.69, 9.17) is 4.52 Å². The smallest absolute Gasteiger partial charge is 0.276 e. The standard InChI is InChI=1S/C19H21N5O2/c25-19(17-12-18(26-21-17)14-4-5-14)23-9-7-22(8-10-23)13-15-11-16-3-1-2-6-24(16)20-15/h1-3,6,11-12,14H,4-5,7-10,13H2. The van der Waals surface area contributed by atoms with E-state index in [1.54, 1.807) is 0 Å². The van der Waals surface area contributed by atoms with Crippen molar-refractivity contribution in [3.63, 3.8) is 0 Å². The van der Waals surface area contributed by atoms with Gasteiger partial charge in [-0.2, -0.15) is 5.10 Å². The lowest BCUT2D eigenvalue weighted by molar-refractivity contribution is 0.0617. The lowest BCUT2D eigenvalue weighted by Crippen LogP contribution is -2.48. The molecule has 3 aromatic rings. The molecule has 0 radical (unpaired) electrons. The molecule has 0 spiro atoms. The highest BCUT2D eigenvalue weighted by atomic mass is 16.5. The minimum Gasteiger partial charge on any atom is -0.360 e. The van der Waals surface area contributed by atoms with Crippen molar-refractivity contribution < 1.29 is 9.32 Å². The number of hydrogen-bond acceptors (Lipinski definition) is 5. The summed E-state index contributed by atoms with van der Waals surface area (Å²) in [5.41, 5.74) is 2.61. The molecule has 26 heavy (non-hydrogen) atoms. The van der Waals surface area contributed by atoms with Crippen LogP contribution >= 0.6 is 0 Å². The largest absolute Gasteiger partial charge is 0.360 e. The van der Waals surface area contributed by atoms with Crippen LogP contribution in [0.1, 0.15) is 40.7 Å². The summed E-state index contributed by atoms with van der Waals surface area (Å²) in [5, 5.41) is 8.58. The van der Waals surface area contributed by atoms with Crippen molar-refractivity contribution in [1.29, 1.82) is 0 Å². The molecular weight excluding hydrogens is 330 g/mol. The molecule has 4 heterocycles. The minimum atomic E-state index is -0.0203. The van der Waals surface area contributed by atoms with Crippen LogP contribution in [0.4, 0.5) is 0 Å². The van der Waals surface area contributed by atoms with Gasteiger partial charge in [-0.25, -0.2) is 4.52 Å². The maximum atomic E-state index is 12.6. The van der Waals surface area contributed by atoms with E-state index in [2.05, 4.69) is 27.3 Å². The first kappa shape index (κ1) is 15.6. The first-order valence-electron chi connectivity index (χ1n) is 9.18. The van der Waals surface area contributed by atoms with Gasteiger partial charge in [0, 0.05) is 50.9 Å². The Hall–Kier alpha value is -2.67. The van der Waals surface area contributed by atoms with Crippen molar-refractivity contribution >= 4 is 11.4 Å². The summed E-state index contributed by atoms with van der Waals surface area (Å²) in [6, 6.07) is 9.99. The monoisotopic (exact) mass is 351 g/mol. The van der Waals surface area contributed by atoms with Crippen LogP contribution in [0.5, 0.6) is 0 Å². The fourth-order valence-corrected chi connectivity index (χ4v) is 3.52. The molecule has 0 N–H and O–H groups in total. The molecule has 0 aromatic carbocycles. The number of aromatic nitrogens is 3. The minimum absolute atomic E-state index is 0.0203. The lowest BCUT2D eigenvalue weighted by atomic mass is 10.2. The van der Waals surface area contributed by atoms with Crippen LogP contribution in [-0.4, -0.2) is 56.7 Å². The normalized spacial score (nSPS) is 18.5. The van der Waals surface area contributed by atoms with Gasteiger partial charge in [-0.15, -0.1) is 0 Å². The van der Waals surface area contributed by atoms with Gasteiger partial charge in [-0.05, 0) is 31.0 Å². The molecule has 7 heteroatoms. The van der Waals surface area contributed by atoms with Gasteiger partial charge in [0.25, 0.3) is 5.91 Å². The van der Waals surface area contributed by atoms with E-state index >= 15 is 0 Å². The van der Waals surface area contributed by atoms with Crippen molar-refractivity contribution in [2.75, 3.05) is 26.2 Å². The Morgan fingerprint density at radius 3 is 2.77 bits per heavy atom. The maximum absolute atomic E-state index is 12.6. The molecule has 0 atom stereocenters. The number of carbonyl (C=O) groups is 1. The van der Waals surface area contributed by atoms with Crippen molar-refractivity contribution in [3.8, 4) is 0 Å². The van der Waals surface area contributed by atoms with E-state index in [1.165, 1.54) is 0 Å². The van der Waals surface area contributed by atoms with Gasteiger partial charge < -0.3 is 9.42 Å². The van der Waals surface area contributed by atoms with E-state index in [-0.39, 0.29) is 5.91 Å². The van der Waals surface area contributed by atoms with Crippen LogP contribution in [0.25, 0.3) is 5.52 Å². The Labute approximate surface area is 151 Å². The van der Waals surface area contributed by atoms with Gasteiger partial charge in [-0.3, -0.25) is 9.69 Å². The van der Waals surface area contributed by atoms with Gasteiger partial charge in [0.2, 0.25) is 0 Å². The van der Waals surface area contributed by atoms with Gasteiger partial charge in [0.1, 0.15) is 5.76 Å². The van der Waals surface area contributed by atoms with Crippen LogP contribution in [-0.2, 0) is 6.54 Å². The average Bonchev–Trinajstić information content (AvgIpc) is 3.25. The molecule has 2 fully saturated rings. The van der Waals surface area contributed by atoms with Crippen LogP contribution in [0, 0.1) is 0 Å². The molecule has 5 rings (SSSR count). The Bertz CT molecular complexity index is 901. The molecule has 1 saturated carbocycles. The molecule has 0 unspecified atom stereocenters. The second kappa shape index (κ2) is 6.25. The molecule has 134 valence electrons. The summed E-state index contributed by atoms with van der Waals surface area (Å²) in [4.78, 5) is 16.8. The quantitative estimate of drug-likeness (QED) is 0.721. The van der Waals surface area contributed by atoms with E-state index in [0.717, 1.165) is 49.4 Å². The van der Waals surface area contributed by atoms with E-state index in [9.17, 15) is 4.79 Å².